The fraction of sp³-hybridized carbons (Fsp3) is 0.818. The van der Waals surface area contributed by atoms with Gasteiger partial charge in [0.1, 0.15) is 5.60 Å². The summed E-state index contributed by atoms with van der Waals surface area (Å²) in [6, 6.07) is 0. The molecule has 5 nitrogen and oxygen atoms in total. The number of rotatable bonds is 3. The van der Waals surface area contributed by atoms with Crippen LogP contribution < -0.4 is 5.32 Å². The Kier molecular flexibility index (Phi) is 3.17. The molecule has 0 aliphatic heterocycles. The number of carboxylic acid groups (broad SMARTS) is 1. The van der Waals surface area contributed by atoms with E-state index in [-0.39, 0.29) is 0 Å². The van der Waals surface area contributed by atoms with Crippen LogP contribution in [-0.2, 0) is 9.53 Å². The topological polar surface area (TPSA) is 75.6 Å². The third kappa shape index (κ3) is 3.12. The van der Waals surface area contributed by atoms with Crippen LogP contribution in [0.15, 0.2) is 0 Å². The highest BCUT2D eigenvalue weighted by atomic mass is 16.6. The Morgan fingerprint density at radius 2 is 1.88 bits per heavy atom. The number of carbonyl (C=O) groups excluding carboxylic acids is 1. The Labute approximate surface area is 95.2 Å². The minimum atomic E-state index is -0.895. The number of carbonyl (C=O) groups is 2. The van der Waals surface area contributed by atoms with Crippen LogP contribution in [0.4, 0.5) is 4.79 Å². The molecule has 0 aromatic rings. The molecule has 92 valence electrons. The van der Waals surface area contributed by atoms with E-state index in [0.29, 0.717) is 12.8 Å². The molecule has 0 aromatic carbocycles. The summed E-state index contributed by atoms with van der Waals surface area (Å²) in [4.78, 5) is 22.4. The van der Waals surface area contributed by atoms with Crippen LogP contribution in [-0.4, -0.2) is 28.3 Å². The van der Waals surface area contributed by atoms with Crippen LogP contribution in [0.5, 0.6) is 0 Å². The summed E-state index contributed by atoms with van der Waals surface area (Å²) >= 11 is 0. The highest BCUT2D eigenvalue weighted by molar-refractivity contribution is 5.75. The van der Waals surface area contributed by atoms with E-state index < -0.39 is 29.1 Å². The molecule has 0 saturated heterocycles. The van der Waals surface area contributed by atoms with Gasteiger partial charge in [0.2, 0.25) is 0 Å². The Bertz CT molecular complexity index is 302. The van der Waals surface area contributed by atoms with E-state index in [1.807, 2.05) is 0 Å². The molecule has 1 unspecified atom stereocenters. The number of nitrogens with one attached hydrogen (secondary N) is 1. The zero-order chi connectivity index (χ0) is 12.6. The van der Waals surface area contributed by atoms with E-state index in [1.54, 1.807) is 27.7 Å². The molecule has 0 heterocycles. The lowest BCUT2D eigenvalue weighted by Crippen LogP contribution is -2.46. The second-order valence-electron chi connectivity index (χ2n) is 5.34. The van der Waals surface area contributed by atoms with Crippen molar-refractivity contribution in [3.8, 4) is 0 Å². The number of aliphatic carboxylic acids is 1. The largest absolute Gasteiger partial charge is 0.481 e. The van der Waals surface area contributed by atoms with E-state index >= 15 is 0 Å². The molecule has 1 atom stereocenters. The summed E-state index contributed by atoms with van der Waals surface area (Å²) < 4.78 is 5.10. The van der Waals surface area contributed by atoms with E-state index in [9.17, 15) is 9.59 Å². The Balaban J connectivity index is 2.54. The number of amides is 1. The first-order valence-electron chi connectivity index (χ1n) is 5.40. The van der Waals surface area contributed by atoms with Crippen molar-refractivity contribution in [3.63, 3.8) is 0 Å². The molecule has 1 rings (SSSR count). The predicted octanol–water partition coefficient (Wildman–Crippen LogP) is 1.76. The number of alkyl carbamates (subject to hydrolysis) is 1. The van der Waals surface area contributed by atoms with Crippen LogP contribution in [0.2, 0.25) is 0 Å². The Morgan fingerprint density at radius 3 is 2.19 bits per heavy atom. The predicted molar refractivity (Wildman–Crippen MR) is 58.1 cm³/mol. The summed E-state index contributed by atoms with van der Waals surface area (Å²) in [7, 11) is 0. The van der Waals surface area contributed by atoms with Gasteiger partial charge < -0.3 is 15.2 Å². The molecule has 1 saturated carbocycles. The van der Waals surface area contributed by atoms with Gasteiger partial charge in [-0.3, -0.25) is 4.79 Å². The average molecular weight is 229 g/mol. The maximum absolute atomic E-state index is 11.5. The minimum Gasteiger partial charge on any atom is -0.481 e. The normalized spacial score (nSPS) is 19.8. The van der Waals surface area contributed by atoms with E-state index in [2.05, 4.69) is 5.32 Å². The summed E-state index contributed by atoms with van der Waals surface area (Å²) in [6.45, 7) is 6.92. The monoisotopic (exact) mass is 229 g/mol. The molecule has 0 radical (unpaired) electrons. The van der Waals surface area contributed by atoms with Gasteiger partial charge in [-0.2, -0.15) is 0 Å². The Hall–Kier alpha value is -1.26. The van der Waals surface area contributed by atoms with Gasteiger partial charge in [0, 0.05) is 0 Å². The second kappa shape index (κ2) is 3.96. The van der Waals surface area contributed by atoms with Crippen LogP contribution in [0, 0.1) is 5.92 Å². The molecule has 1 aliphatic rings. The van der Waals surface area contributed by atoms with Crippen molar-refractivity contribution in [3.05, 3.63) is 0 Å². The summed E-state index contributed by atoms with van der Waals surface area (Å²) in [5.74, 6) is -1.48. The molecule has 1 fully saturated rings. The number of hydrogen-bond donors (Lipinski definition) is 2. The lowest BCUT2D eigenvalue weighted by molar-refractivity contribution is -0.142. The van der Waals surface area contributed by atoms with Crippen molar-refractivity contribution in [2.75, 3.05) is 0 Å². The highest BCUT2D eigenvalue weighted by Crippen LogP contribution is 2.42. The summed E-state index contributed by atoms with van der Waals surface area (Å²) in [5.41, 5.74) is -1.17. The molecule has 0 aromatic heterocycles. The van der Waals surface area contributed by atoms with Gasteiger partial charge in [0.05, 0.1) is 11.5 Å². The number of ether oxygens (including phenoxy) is 1. The van der Waals surface area contributed by atoms with E-state index in [1.165, 1.54) is 0 Å². The second-order valence-corrected chi connectivity index (χ2v) is 5.34. The lowest BCUT2D eigenvalue weighted by atomic mass is 10.00. The Morgan fingerprint density at radius 1 is 1.38 bits per heavy atom. The fourth-order valence-corrected chi connectivity index (χ4v) is 1.54. The standard InChI is InChI=1S/C11H19NO4/c1-7(8(13)14)11(5-6-11)12-9(15)16-10(2,3)4/h7H,5-6H2,1-4H3,(H,12,15)(H,13,14). The average Bonchev–Trinajstić information content (AvgIpc) is 2.80. The van der Waals surface area contributed by atoms with Crippen molar-refractivity contribution in [2.24, 2.45) is 5.92 Å². The van der Waals surface area contributed by atoms with Crippen molar-refractivity contribution in [2.45, 2.75) is 51.7 Å². The third-order valence-corrected chi connectivity index (χ3v) is 2.74. The van der Waals surface area contributed by atoms with E-state index in [4.69, 9.17) is 9.84 Å². The van der Waals surface area contributed by atoms with Gasteiger partial charge in [-0.1, -0.05) is 0 Å². The molecule has 5 heteroatoms. The first kappa shape index (κ1) is 12.8. The van der Waals surface area contributed by atoms with Crippen molar-refractivity contribution in [1.29, 1.82) is 0 Å². The highest BCUT2D eigenvalue weighted by Gasteiger charge is 2.52. The van der Waals surface area contributed by atoms with Crippen molar-refractivity contribution < 1.29 is 19.4 Å². The van der Waals surface area contributed by atoms with Gasteiger partial charge in [0.15, 0.2) is 0 Å². The van der Waals surface area contributed by atoms with Gasteiger partial charge >= 0.3 is 12.1 Å². The molecule has 0 spiro atoms. The first-order chi connectivity index (χ1) is 7.16. The zero-order valence-electron chi connectivity index (χ0n) is 10.2. The minimum absolute atomic E-state index is 0.543. The summed E-state index contributed by atoms with van der Waals surface area (Å²) in [6.07, 6.45) is 0.845. The smallest absolute Gasteiger partial charge is 0.408 e. The van der Waals surface area contributed by atoms with Crippen molar-refractivity contribution >= 4 is 12.1 Å². The first-order valence-corrected chi connectivity index (χ1v) is 5.40. The molecular weight excluding hydrogens is 210 g/mol. The van der Waals surface area contributed by atoms with Gasteiger partial charge in [-0.25, -0.2) is 4.79 Å². The molecular formula is C11H19NO4. The zero-order valence-corrected chi connectivity index (χ0v) is 10.2. The van der Waals surface area contributed by atoms with Crippen LogP contribution in [0.25, 0.3) is 0 Å². The number of hydrogen-bond acceptors (Lipinski definition) is 3. The molecule has 1 aliphatic carbocycles. The SMILES string of the molecule is CC(C(=O)O)C1(NC(=O)OC(C)(C)C)CC1. The van der Waals surface area contributed by atoms with Gasteiger partial charge in [-0.15, -0.1) is 0 Å². The van der Waals surface area contributed by atoms with Crippen molar-refractivity contribution in [1.82, 2.24) is 5.32 Å². The molecule has 1 amide bonds. The summed E-state index contributed by atoms with van der Waals surface area (Å²) in [5, 5.41) is 11.6. The quantitative estimate of drug-likeness (QED) is 0.773. The maximum Gasteiger partial charge on any atom is 0.408 e. The molecule has 16 heavy (non-hydrogen) atoms. The van der Waals surface area contributed by atoms with Crippen LogP contribution in [0.1, 0.15) is 40.5 Å². The molecule has 2 N–H and O–H groups in total. The van der Waals surface area contributed by atoms with Gasteiger partial charge in [-0.05, 0) is 40.5 Å². The maximum atomic E-state index is 11.5. The van der Waals surface area contributed by atoms with E-state index in [0.717, 1.165) is 0 Å². The van der Waals surface area contributed by atoms with Crippen LogP contribution >= 0.6 is 0 Å². The van der Waals surface area contributed by atoms with Crippen LogP contribution in [0.3, 0.4) is 0 Å². The number of carboxylic acids is 1. The third-order valence-electron chi connectivity index (χ3n) is 2.74. The fourth-order valence-electron chi connectivity index (χ4n) is 1.54. The lowest BCUT2D eigenvalue weighted by Gasteiger charge is -2.25. The van der Waals surface area contributed by atoms with Gasteiger partial charge in [0.25, 0.3) is 0 Å². The molecule has 0 bridgehead atoms.